The Bertz CT molecular complexity index is 901. The summed E-state index contributed by atoms with van der Waals surface area (Å²) in [4.78, 5) is 15.9. The Morgan fingerprint density at radius 1 is 1.04 bits per heavy atom. The molecule has 1 fully saturated rings. The molecule has 1 aliphatic rings. The quantitative estimate of drug-likeness (QED) is 0.671. The van der Waals surface area contributed by atoms with Crippen molar-refractivity contribution in [1.82, 2.24) is 15.0 Å². The van der Waals surface area contributed by atoms with Crippen LogP contribution in [0.4, 0.5) is 5.82 Å². The summed E-state index contributed by atoms with van der Waals surface area (Å²) >= 11 is 6.18. The maximum atomic E-state index is 6.18. The lowest BCUT2D eigenvalue weighted by Crippen LogP contribution is -2.37. The molecule has 0 saturated carbocycles. The van der Waals surface area contributed by atoms with Gasteiger partial charge in [-0.05, 0) is 24.3 Å². The van der Waals surface area contributed by atoms with Gasteiger partial charge in [0.15, 0.2) is 5.82 Å². The first kappa shape index (κ1) is 17.7. The highest BCUT2D eigenvalue weighted by Crippen LogP contribution is 2.25. The van der Waals surface area contributed by atoms with Crippen LogP contribution >= 0.6 is 11.6 Å². The van der Waals surface area contributed by atoms with Gasteiger partial charge in [-0.3, -0.25) is 4.98 Å². The number of benzene rings is 1. The largest absolute Gasteiger partial charge is 0.486 e. The minimum Gasteiger partial charge on any atom is -0.486 e. The van der Waals surface area contributed by atoms with E-state index in [1.165, 1.54) is 0 Å². The molecule has 3 aromatic rings. The molecule has 7 heteroatoms. The summed E-state index contributed by atoms with van der Waals surface area (Å²) in [5.41, 5.74) is 1.50. The van der Waals surface area contributed by atoms with E-state index in [1.54, 1.807) is 12.3 Å². The van der Waals surface area contributed by atoms with E-state index >= 15 is 0 Å². The number of hydrogen-bond acceptors (Lipinski definition) is 6. The summed E-state index contributed by atoms with van der Waals surface area (Å²) in [7, 11) is 0. The van der Waals surface area contributed by atoms with E-state index in [1.807, 2.05) is 42.5 Å². The van der Waals surface area contributed by atoms with Crippen LogP contribution in [0.3, 0.4) is 0 Å². The second-order valence-corrected chi connectivity index (χ2v) is 6.48. The van der Waals surface area contributed by atoms with Crippen LogP contribution in [0, 0.1) is 0 Å². The zero-order chi connectivity index (χ0) is 18.5. The monoisotopic (exact) mass is 382 g/mol. The standard InChI is InChI=1S/C20H19ClN4O2/c21-16-5-1-2-7-18(16)27-14-15-13-19(25-9-11-26-12-10-25)24-20(23-15)17-6-3-4-8-22-17/h1-8,13H,9-12,14H2. The van der Waals surface area contributed by atoms with Crippen LogP contribution in [0.5, 0.6) is 5.75 Å². The van der Waals surface area contributed by atoms with Crippen LogP contribution in [0.15, 0.2) is 54.7 Å². The molecule has 4 rings (SSSR count). The first-order valence-electron chi connectivity index (χ1n) is 8.79. The zero-order valence-corrected chi connectivity index (χ0v) is 15.5. The summed E-state index contributed by atoms with van der Waals surface area (Å²) in [6.07, 6.45) is 1.74. The number of ether oxygens (including phenoxy) is 2. The van der Waals surface area contributed by atoms with Gasteiger partial charge in [-0.2, -0.15) is 0 Å². The first-order chi connectivity index (χ1) is 13.3. The Labute approximate surface area is 162 Å². The van der Waals surface area contributed by atoms with Gasteiger partial charge in [0.25, 0.3) is 0 Å². The number of morpholine rings is 1. The smallest absolute Gasteiger partial charge is 0.180 e. The third-order valence-corrected chi connectivity index (χ3v) is 4.52. The number of para-hydroxylation sites is 1. The fourth-order valence-corrected chi connectivity index (χ4v) is 3.02. The van der Waals surface area contributed by atoms with Crippen molar-refractivity contribution in [1.29, 1.82) is 0 Å². The SMILES string of the molecule is Clc1ccccc1OCc1cc(N2CCOCC2)nc(-c2ccccn2)n1. The lowest BCUT2D eigenvalue weighted by molar-refractivity contribution is 0.122. The molecule has 0 N–H and O–H groups in total. The second kappa shape index (κ2) is 8.33. The van der Waals surface area contributed by atoms with E-state index in [0.717, 1.165) is 30.3 Å². The first-order valence-corrected chi connectivity index (χ1v) is 9.17. The van der Waals surface area contributed by atoms with Gasteiger partial charge in [-0.15, -0.1) is 0 Å². The lowest BCUT2D eigenvalue weighted by atomic mass is 10.3. The number of pyridine rings is 1. The molecular formula is C20H19ClN4O2. The number of aromatic nitrogens is 3. The molecule has 0 aliphatic carbocycles. The van der Waals surface area contributed by atoms with Crippen molar-refractivity contribution in [2.45, 2.75) is 6.61 Å². The number of rotatable bonds is 5. The highest BCUT2D eigenvalue weighted by molar-refractivity contribution is 6.32. The Balaban J connectivity index is 1.64. The summed E-state index contributed by atoms with van der Waals surface area (Å²) in [6, 6.07) is 15.0. The molecule has 0 radical (unpaired) electrons. The van der Waals surface area contributed by atoms with E-state index in [9.17, 15) is 0 Å². The van der Waals surface area contributed by atoms with Gasteiger partial charge in [0.2, 0.25) is 0 Å². The van der Waals surface area contributed by atoms with Crippen molar-refractivity contribution in [2.75, 3.05) is 31.2 Å². The Morgan fingerprint density at radius 3 is 2.63 bits per heavy atom. The molecule has 0 bridgehead atoms. The van der Waals surface area contributed by atoms with Crippen LogP contribution in [-0.2, 0) is 11.3 Å². The third kappa shape index (κ3) is 4.35. The Hall–Kier alpha value is -2.70. The molecule has 0 unspecified atom stereocenters. The lowest BCUT2D eigenvalue weighted by Gasteiger charge is -2.28. The Kier molecular flexibility index (Phi) is 5.46. The summed E-state index contributed by atoms with van der Waals surface area (Å²) in [5.74, 6) is 2.06. The molecule has 27 heavy (non-hydrogen) atoms. The van der Waals surface area contributed by atoms with Gasteiger partial charge in [0.1, 0.15) is 23.9 Å². The number of halogens is 1. The highest BCUT2D eigenvalue weighted by Gasteiger charge is 2.16. The Morgan fingerprint density at radius 2 is 1.85 bits per heavy atom. The molecule has 138 valence electrons. The van der Waals surface area contributed by atoms with Crippen LogP contribution in [-0.4, -0.2) is 41.3 Å². The molecule has 1 aromatic carbocycles. The van der Waals surface area contributed by atoms with E-state index in [-0.39, 0.29) is 0 Å². The molecule has 6 nitrogen and oxygen atoms in total. The predicted molar refractivity (Wildman–Crippen MR) is 104 cm³/mol. The molecule has 0 amide bonds. The van der Waals surface area contributed by atoms with Crippen LogP contribution in [0.2, 0.25) is 5.02 Å². The minimum absolute atomic E-state index is 0.295. The third-order valence-electron chi connectivity index (χ3n) is 4.21. The second-order valence-electron chi connectivity index (χ2n) is 6.07. The molecule has 0 atom stereocenters. The summed E-state index contributed by atoms with van der Waals surface area (Å²) in [5, 5.41) is 0.574. The van der Waals surface area contributed by atoms with Gasteiger partial charge < -0.3 is 14.4 Å². The molecule has 3 heterocycles. The maximum absolute atomic E-state index is 6.18. The van der Waals surface area contributed by atoms with Gasteiger partial charge in [0.05, 0.1) is 23.9 Å². The van der Waals surface area contributed by atoms with Gasteiger partial charge in [-0.25, -0.2) is 9.97 Å². The van der Waals surface area contributed by atoms with Gasteiger partial charge >= 0.3 is 0 Å². The summed E-state index contributed by atoms with van der Waals surface area (Å²) in [6.45, 7) is 3.26. The van der Waals surface area contributed by atoms with Crippen molar-refractivity contribution in [3.63, 3.8) is 0 Å². The fourth-order valence-electron chi connectivity index (χ4n) is 2.83. The summed E-state index contributed by atoms with van der Waals surface area (Å²) < 4.78 is 11.3. The van der Waals surface area contributed by atoms with E-state index in [0.29, 0.717) is 36.4 Å². The van der Waals surface area contributed by atoms with Crippen molar-refractivity contribution >= 4 is 17.4 Å². The average Bonchev–Trinajstić information content (AvgIpc) is 2.74. The van der Waals surface area contributed by atoms with Crippen LogP contribution < -0.4 is 9.64 Å². The fraction of sp³-hybridized carbons (Fsp3) is 0.250. The van der Waals surface area contributed by atoms with Gasteiger partial charge in [-0.1, -0.05) is 29.8 Å². The molecule has 1 aliphatic heterocycles. The number of anilines is 1. The minimum atomic E-state index is 0.295. The predicted octanol–water partition coefficient (Wildman–Crippen LogP) is 3.61. The molecule has 2 aromatic heterocycles. The normalized spacial score (nSPS) is 14.2. The van der Waals surface area contributed by atoms with Gasteiger partial charge in [0, 0.05) is 25.4 Å². The van der Waals surface area contributed by atoms with E-state index in [4.69, 9.17) is 26.1 Å². The molecular weight excluding hydrogens is 364 g/mol. The van der Waals surface area contributed by atoms with E-state index < -0.39 is 0 Å². The molecule has 0 spiro atoms. The van der Waals surface area contributed by atoms with Crippen LogP contribution in [0.1, 0.15) is 5.69 Å². The van der Waals surface area contributed by atoms with Crippen molar-refractivity contribution in [3.05, 3.63) is 65.4 Å². The number of hydrogen-bond donors (Lipinski definition) is 0. The van der Waals surface area contributed by atoms with Crippen molar-refractivity contribution in [2.24, 2.45) is 0 Å². The topological polar surface area (TPSA) is 60.4 Å². The zero-order valence-electron chi connectivity index (χ0n) is 14.7. The van der Waals surface area contributed by atoms with Crippen LogP contribution in [0.25, 0.3) is 11.5 Å². The average molecular weight is 383 g/mol. The maximum Gasteiger partial charge on any atom is 0.180 e. The van der Waals surface area contributed by atoms with Crippen molar-refractivity contribution < 1.29 is 9.47 Å². The highest BCUT2D eigenvalue weighted by atomic mass is 35.5. The molecule has 1 saturated heterocycles. The van der Waals surface area contributed by atoms with E-state index in [2.05, 4.69) is 14.9 Å². The number of nitrogens with zero attached hydrogens (tertiary/aromatic N) is 4. The van der Waals surface area contributed by atoms with Crippen molar-refractivity contribution in [3.8, 4) is 17.3 Å².